The van der Waals surface area contributed by atoms with Gasteiger partial charge in [0.05, 0.1) is 25.2 Å². The van der Waals surface area contributed by atoms with E-state index in [0.717, 1.165) is 13.1 Å². The molecular weight excluding hydrogens is 276 g/mol. The first kappa shape index (κ1) is 15.1. The molecule has 5 heteroatoms. The quantitative estimate of drug-likeness (QED) is 0.889. The van der Waals surface area contributed by atoms with Crippen molar-refractivity contribution in [3.63, 3.8) is 0 Å². The normalized spacial score (nSPS) is 17.6. The second-order valence-electron chi connectivity index (χ2n) is 5.28. The number of hydrogen-bond donors (Lipinski definition) is 2. The number of quaternary nitrogens is 1. The van der Waals surface area contributed by atoms with Crippen molar-refractivity contribution in [1.82, 2.24) is 0 Å². The van der Waals surface area contributed by atoms with Gasteiger partial charge in [-0.05, 0) is 44.4 Å². The number of carbonyl (C=O) groups excluding carboxylic acids is 1. The number of hydrogen-bond acceptors (Lipinski definition) is 2. The van der Waals surface area contributed by atoms with Crippen molar-refractivity contribution >= 4 is 23.2 Å². The SMILES string of the molecule is COc1ccc(NC(=O)[C@H](C)[NH+]2CCCCC2)cc1Cl. The maximum absolute atomic E-state index is 12.3. The minimum absolute atomic E-state index is 0.0313. The number of nitrogens with one attached hydrogen (secondary N) is 2. The third kappa shape index (κ3) is 3.64. The van der Waals surface area contributed by atoms with E-state index >= 15 is 0 Å². The Hall–Kier alpha value is -1.26. The molecule has 0 aliphatic carbocycles. The number of ether oxygens (including phenoxy) is 1. The van der Waals surface area contributed by atoms with Crippen molar-refractivity contribution in [2.75, 3.05) is 25.5 Å². The Morgan fingerprint density at radius 2 is 2.05 bits per heavy atom. The fraction of sp³-hybridized carbons (Fsp3) is 0.533. The van der Waals surface area contributed by atoms with Crippen LogP contribution in [0.3, 0.4) is 0 Å². The van der Waals surface area contributed by atoms with Gasteiger partial charge in [-0.2, -0.15) is 0 Å². The first-order valence-electron chi connectivity index (χ1n) is 7.11. The van der Waals surface area contributed by atoms with Gasteiger partial charge in [0, 0.05) is 5.69 Å². The molecule has 1 aliphatic heterocycles. The van der Waals surface area contributed by atoms with Gasteiger partial charge in [-0.15, -0.1) is 0 Å². The Bertz CT molecular complexity index is 473. The van der Waals surface area contributed by atoms with Crippen molar-refractivity contribution < 1.29 is 14.4 Å². The zero-order chi connectivity index (χ0) is 14.5. The van der Waals surface area contributed by atoms with Crippen molar-refractivity contribution in [2.24, 2.45) is 0 Å². The second kappa shape index (κ2) is 6.95. The highest BCUT2D eigenvalue weighted by Gasteiger charge is 2.26. The summed E-state index contributed by atoms with van der Waals surface area (Å²) in [6.45, 7) is 4.15. The van der Waals surface area contributed by atoms with Gasteiger partial charge < -0.3 is 15.0 Å². The fourth-order valence-electron chi connectivity index (χ4n) is 2.62. The lowest BCUT2D eigenvalue weighted by Gasteiger charge is -2.28. The first-order valence-corrected chi connectivity index (χ1v) is 7.48. The molecule has 20 heavy (non-hydrogen) atoms. The molecule has 1 heterocycles. The lowest BCUT2D eigenvalue weighted by Crippen LogP contribution is -3.17. The Morgan fingerprint density at radius 1 is 1.35 bits per heavy atom. The number of likely N-dealkylation sites (tertiary alicyclic amines) is 1. The van der Waals surface area contributed by atoms with Gasteiger partial charge in [0.2, 0.25) is 0 Å². The summed E-state index contributed by atoms with van der Waals surface area (Å²) in [6.07, 6.45) is 3.70. The molecule has 1 saturated heterocycles. The Kier molecular flexibility index (Phi) is 5.26. The summed E-state index contributed by atoms with van der Waals surface area (Å²) in [5.74, 6) is 0.655. The van der Waals surface area contributed by atoms with Crippen LogP contribution in [-0.4, -0.2) is 32.1 Å². The number of benzene rings is 1. The number of anilines is 1. The number of rotatable bonds is 4. The van der Waals surface area contributed by atoms with Crippen molar-refractivity contribution in [3.8, 4) is 5.75 Å². The zero-order valence-electron chi connectivity index (χ0n) is 12.0. The standard InChI is InChI=1S/C15H21ClN2O2/c1-11(18-8-4-3-5-9-18)15(19)17-12-6-7-14(20-2)13(16)10-12/h6-7,10-11H,3-5,8-9H2,1-2H3,(H,17,19)/p+1/t11-/m0/s1. The molecule has 4 nitrogen and oxygen atoms in total. The molecule has 1 aliphatic rings. The van der Waals surface area contributed by atoms with Crippen LogP contribution in [0.5, 0.6) is 5.75 Å². The molecular formula is C15H22ClN2O2+. The van der Waals surface area contributed by atoms with Crippen molar-refractivity contribution in [3.05, 3.63) is 23.2 Å². The summed E-state index contributed by atoms with van der Waals surface area (Å²) in [5.41, 5.74) is 0.712. The average Bonchev–Trinajstić information content (AvgIpc) is 2.47. The van der Waals surface area contributed by atoms with E-state index in [4.69, 9.17) is 16.3 Å². The summed E-state index contributed by atoms with van der Waals surface area (Å²) in [5, 5.41) is 3.43. The van der Waals surface area contributed by atoms with E-state index in [1.165, 1.54) is 24.2 Å². The Balaban J connectivity index is 1.98. The predicted molar refractivity (Wildman–Crippen MR) is 80.6 cm³/mol. The molecule has 2 rings (SSSR count). The maximum Gasteiger partial charge on any atom is 0.282 e. The first-order chi connectivity index (χ1) is 9.61. The molecule has 0 saturated carbocycles. The van der Waals surface area contributed by atoms with E-state index in [1.54, 1.807) is 25.3 Å². The summed E-state index contributed by atoms with van der Waals surface area (Å²) < 4.78 is 5.10. The van der Waals surface area contributed by atoms with E-state index in [0.29, 0.717) is 16.5 Å². The van der Waals surface area contributed by atoms with Crippen LogP contribution in [0.25, 0.3) is 0 Å². The van der Waals surface area contributed by atoms with Gasteiger partial charge in [-0.25, -0.2) is 0 Å². The maximum atomic E-state index is 12.3. The monoisotopic (exact) mass is 297 g/mol. The second-order valence-corrected chi connectivity index (χ2v) is 5.69. The highest BCUT2D eigenvalue weighted by Crippen LogP contribution is 2.27. The van der Waals surface area contributed by atoms with Crippen LogP contribution in [0, 0.1) is 0 Å². The molecule has 0 aromatic heterocycles. The van der Waals surface area contributed by atoms with Crippen LogP contribution in [0.1, 0.15) is 26.2 Å². The molecule has 0 spiro atoms. The summed E-state index contributed by atoms with van der Waals surface area (Å²) in [7, 11) is 1.57. The molecule has 1 fully saturated rings. The smallest absolute Gasteiger partial charge is 0.282 e. The third-order valence-electron chi connectivity index (χ3n) is 3.92. The highest BCUT2D eigenvalue weighted by atomic mass is 35.5. The molecule has 0 bridgehead atoms. The number of amides is 1. The van der Waals surface area contributed by atoms with E-state index in [1.807, 2.05) is 6.92 Å². The summed E-state index contributed by atoms with van der Waals surface area (Å²) >= 11 is 6.06. The summed E-state index contributed by atoms with van der Waals surface area (Å²) in [4.78, 5) is 13.6. The van der Waals surface area contributed by atoms with E-state index in [-0.39, 0.29) is 11.9 Å². The zero-order valence-corrected chi connectivity index (χ0v) is 12.8. The largest absolute Gasteiger partial charge is 0.495 e. The number of piperidine rings is 1. The van der Waals surface area contributed by atoms with E-state index < -0.39 is 0 Å². The van der Waals surface area contributed by atoms with Crippen LogP contribution in [-0.2, 0) is 4.79 Å². The average molecular weight is 298 g/mol. The summed E-state index contributed by atoms with van der Waals surface area (Å²) in [6, 6.07) is 5.25. The lowest BCUT2D eigenvalue weighted by atomic mass is 10.1. The van der Waals surface area contributed by atoms with Gasteiger partial charge in [0.1, 0.15) is 5.75 Å². The molecule has 110 valence electrons. The van der Waals surface area contributed by atoms with Crippen LogP contribution in [0.4, 0.5) is 5.69 Å². The molecule has 0 unspecified atom stereocenters. The van der Waals surface area contributed by atoms with Gasteiger partial charge in [-0.3, -0.25) is 4.79 Å². The van der Waals surface area contributed by atoms with Crippen LogP contribution in [0.15, 0.2) is 18.2 Å². The molecule has 2 N–H and O–H groups in total. The van der Waals surface area contributed by atoms with Gasteiger partial charge in [-0.1, -0.05) is 11.6 Å². The molecule has 1 aromatic rings. The van der Waals surface area contributed by atoms with Gasteiger partial charge >= 0.3 is 0 Å². The van der Waals surface area contributed by atoms with Crippen LogP contribution < -0.4 is 15.0 Å². The van der Waals surface area contributed by atoms with Crippen LogP contribution in [0.2, 0.25) is 5.02 Å². The number of halogens is 1. The predicted octanol–water partition coefficient (Wildman–Crippen LogP) is 1.74. The van der Waals surface area contributed by atoms with E-state index in [9.17, 15) is 4.79 Å². The van der Waals surface area contributed by atoms with Crippen molar-refractivity contribution in [1.29, 1.82) is 0 Å². The minimum Gasteiger partial charge on any atom is -0.495 e. The highest BCUT2D eigenvalue weighted by molar-refractivity contribution is 6.32. The fourth-order valence-corrected chi connectivity index (χ4v) is 2.88. The lowest BCUT2D eigenvalue weighted by molar-refractivity contribution is -0.918. The number of carbonyl (C=O) groups is 1. The van der Waals surface area contributed by atoms with Gasteiger partial charge in [0.15, 0.2) is 6.04 Å². The third-order valence-corrected chi connectivity index (χ3v) is 4.22. The van der Waals surface area contributed by atoms with Gasteiger partial charge in [0.25, 0.3) is 5.91 Å². The van der Waals surface area contributed by atoms with Crippen molar-refractivity contribution in [2.45, 2.75) is 32.2 Å². The number of methoxy groups -OCH3 is 1. The minimum atomic E-state index is -0.0313. The van der Waals surface area contributed by atoms with E-state index in [2.05, 4.69) is 5.32 Å². The molecule has 1 aromatic carbocycles. The molecule has 1 amide bonds. The topological polar surface area (TPSA) is 42.8 Å². The molecule has 0 radical (unpaired) electrons. The Morgan fingerprint density at radius 3 is 2.65 bits per heavy atom. The Labute approximate surface area is 125 Å². The van der Waals surface area contributed by atoms with Crippen LogP contribution >= 0.6 is 11.6 Å². The molecule has 1 atom stereocenters.